The lowest BCUT2D eigenvalue weighted by molar-refractivity contribution is -0.121. The first-order valence-corrected chi connectivity index (χ1v) is 12.7. The van der Waals surface area contributed by atoms with Crippen molar-refractivity contribution in [3.8, 4) is 0 Å². The maximum atomic E-state index is 13.8. The van der Waals surface area contributed by atoms with Gasteiger partial charge in [-0.1, -0.05) is 59.8 Å². The summed E-state index contributed by atoms with van der Waals surface area (Å²) in [6, 6.07) is 18.4. The van der Waals surface area contributed by atoms with E-state index >= 15 is 0 Å². The van der Waals surface area contributed by atoms with Crippen LogP contribution in [-0.2, 0) is 9.59 Å². The molecular formula is C28H24F2N4O2S. The van der Waals surface area contributed by atoms with E-state index in [2.05, 4.69) is 10.3 Å². The molecule has 1 N–H and O–H groups in total. The molecule has 2 aliphatic heterocycles. The third-order valence-electron chi connectivity index (χ3n) is 6.30. The average molecular weight is 519 g/mol. The van der Waals surface area contributed by atoms with E-state index in [1.807, 2.05) is 31.2 Å². The number of benzene rings is 3. The van der Waals surface area contributed by atoms with E-state index in [1.54, 1.807) is 36.2 Å². The van der Waals surface area contributed by atoms with Gasteiger partial charge in [0.25, 0.3) is 5.91 Å². The number of amidine groups is 1. The van der Waals surface area contributed by atoms with Crippen molar-refractivity contribution in [2.75, 3.05) is 5.32 Å². The minimum Gasteiger partial charge on any atom is -0.326 e. The molecule has 0 saturated carbocycles. The molecular weight excluding hydrogens is 494 g/mol. The number of rotatable bonds is 5. The summed E-state index contributed by atoms with van der Waals surface area (Å²) < 4.78 is 27.4. The van der Waals surface area contributed by atoms with Crippen LogP contribution in [0, 0.1) is 25.5 Å². The first-order valence-electron chi connectivity index (χ1n) is 11.8. The second-order valence-corrected chi connectivity index (χ2v) is 10.3. The Balaban J connectivity index is 1.34. The Labute approximate surface area is 217 Å². The fourth-order valence-electron chi connectivity index (χ4n) is 4.21. The number of aliphatic imine (C=N–C) groups is 1. The van der Waals surface area contributed by atoms with Crippen LogP contribution in [0.1, 0.15) is 41.1 Å². The van der Waals surface area contributed by atoms with Crippen molar-refractivity contribution in [1.29, 1.82) is 0 Å². The Hall–Kier alpha value is -3.85. The largest absolute Gasteiger partial charge is 0.326 e. The van der Waals surface area contributed by atoms with E-state index < -0.39 is 22.9 Å². The fourth-order valence-corrected chi connectivity index (χ4v) is 5.27. The van der Waals surface area contributed by atoms with Gasteiger partial charge in [0.05, 0.1) is 11.8 Å². The zero-order chi connectivity index (χ0) is 26.1. The second-order valence-electron chi connectivity index (χ2n) is 9.08. The molecule has 2 heterocycles. The number of nitrogens with one attached hydrogen (secondary N) is 1. The molecule has 9 heteroatoms. The lowest BCUT2D eigenvalue weighted by atomic mass is 9.98. The zero-order valence-electron chi connectivity index (χ0n) is 20.2. The van der Waals surface area contributed by atoms with Crippen LogP contribution in [0.25, 0.3) is 0 Å². The Morgan fingerprint density at radius 3 is 2.49 bits per heavy atom. The third-order valence-corrected chi connectivity index (χ3v) is 7.44. The second kappa shape index (κ2) is 10.3. The van der Waals surface area contributed by atoms with E-state index in [0.717, 1.165) is 22.4 Å². The van der Waals surface area contributed by atoms with Gasteiger partial charge >= 0.3 is 0 Å². The van der Waals surface area contributed by atoms with Crippen molar-refractivity contribution >= 4 is 40.1 Å². The highest BCUT2D eigenvalue weighted by Gasteiger charge is 2.39. The van der Waals surface area contributed by atoms with Gasteiger partial charge in [0, 0.05) is 18.5 Å². The Morgan fingerprint density at radius 1 is 1.05 bits per heavy atom. The number of hydrogen-bond donors (Lipinski definition) is 1. The van der Waals surface area contributed by atoms with Gasteiger partial charge in [0.15, 0.2) is 5.17 Å². The highest BCUT2D eigenvalue weighted by atomic mass is 32.2. The predicted molar refractivity (Wildman–Crippen MR) is 142 cm³/mol. The van der Waals surface area contributed by atoms with Gasteiger partial charge < -0.3 is 5.32 Å². The van der Waals surface area contributed by atoms with Gasteiger partial charge in [0.1, 0.15) is 16.9 Å². The van der Waals surface area contributed by atoms with E-state index in [4.69, 9.17) is 5.10 Å². The van der Waals surface area contributed by atoms with Crippen LogP contribution in [-0.4, -0.2) is 33.0 Å². The number of halogens is 2. The number of hydrazone groups is 1. The van der Waals surface area contributed by atoms with Gasteiger partial charge in [-0.15, -0.1) is 0 Å². The molecule has 0 aromatic heterocycles. The number of thioether (sulfide) groups is 1. The molecule has 3 aromatic rings. The Morgan fingerprint density at radius 2 is 1.78 bits per heavy atom. The molecule has 2 atom stereocenters. The third kappa shape index (κ3) is 5.46. The van der Waals surface area contributed by atoms with Crippen LogP contribution >= 0.6 is 11.8 Å². The monoisotopic (exact) mass is 518 g/mol. The van der Waals surface area contributed by atoms with Gasteiger partial charge in [-0.05, 0) is 54.8 Å². The molecule has 0 bridgehead atoms. The lowest BCUT2D eigenvalue weighted by Gasteiger charge is -2.23. The molecule has 2 aliphatic rings. The summed E-state index contributed by atoms with van der Waals surface area (Å²) >= 11 is 1.17. The summed E-state index contributed by atoms with van der Waals surface area (Å²) in [7, 11) is 0. The molecule has 2 amide bonds. The van der Waals surface area contributed by atoms with Crippen molar-refractivity contribution in [1.82, 2.24) is 5.01 Å². The summed E-state index contributed by atoms with van der Waals surface area (Å²) in [4.78, 5) is 29.5. The van der Waals surface area contributed by atoms with Crippen molar-refractivity contribution in [2.24, 2.45) is 10.1 Å². The van der Waals surface area contributed by atoms with Crippen molar-refractivity contribution in [3.05, 3.63) is 101 Å². The Kier molecular flexibility index (Phi) is 6.88. The summed E-state index contributed by atoms with van der Waals surface area (Å²) in [6.45, 7) is 3.65. The molecule has 0 spiro atoms. The number of carbonyl (C=O) groups excluding carboxylic acids is 2. The van der Waals surface area contributed by atoms with E-state index in [1.165, 1.54) is 30.0 Å². The zero-order valence-corrected chi connectivity index (χ0v) is 21.1. The number of nitrogens with zero attached hydrogens (tertiary/aromatic N) is 3. The van der Waals surface area contributed by atoms with Crippen LogP contribution in [0.5, 0.6) is 0 Å². The molecule has 0 saturated heterocycles. The summed E-state index contributed by atoms with van der Waals surface area (Å²) in [5, 5.41) is 8.79. The van der Waals surface area contributed by atoms with Crippen LogP contribution in [0.2, 0.25) is 0 Å². The van der Waals surface area contributed by atoms with E-state index in [-0.39, 0.29) is 18.3 Å². The van der Waals surface area contributed by atoms with Gasteiger partial charge in [-0.25, -0.2) is 13.8 Å². The molecule has 3 aromatic carbocycles. The lowest BCUT2D eigenvalue weighted by Crippen LogP contribution is -2.25. The summed E-state index contributed by atoms with van der Waals surface area (Å²) in [6.07, 6.45) is 0.433. The molecule has 0 radical (unpaired) electrons. The average Bonchev–Trinajstić information content (AvgIpc) is 3.46. The molecule has 0 unspecified atom stereocenters. The minimum atomic E-state index is -0.724. The number of anilines is 1. The summed E-state index contributed by atoms with van der Waals surface area (Å²) in [5.41, 5.74) is 4.55. The highest BCUT2D eigenvalue weighted by molar-refractivity contribution is 8.15. The quantitative estimate of drug-likeness (QED) is 0.466. The minimum absolute atomic E-state index is 0.115. The summed E-state index contributed by atoms with van der Waals surface area (Å²) in [5.74, 6) is -1.60. The normalized spacial score (nSPS) is 19.1. The van der Waals surface area contributed by atoms with Crippen LogP contribution in [0.3, 0.4) is 0 Å². The van der Waals surface area contributed by atoms with Gasteiger partial charge in [0.2, 0.25) is 5.91 Å². The molecule has 6 nitrogen and oxygen atoms in total. The van der Waals surface area contributed by atoms with Crippen LogP contribution in [0.4, 0.5) is 14.5 Å². The molecule has 0 aliphatic carbocycles. The topological polar surface area (TPSA) is 74.1 Å². The number of amides is 2. The van der Waals surface area contributed by atoms with Gasteiger partial charge in [-0.3, -0.25) is 9.59 Å². The maximum absolute atomic E-state index is 13.8. The van der Waals surface area contributed by atoms with Gasteiger partial charge in [-0.2, -0.15) is 10.1 Å². The highest BCUT2D eigenvalue weighted by Crippen LogP contribution is 2.38. The standard InChI is InChI=1S/C28H24F2N4O2S/c1-16-3-6-18(7-4-16)23-14-24(19-8-10-20(29)11-9-19)34(33-23)28-32-27(36)25(37-28)15-26(35)31-21-12-5-17(2)22(30)13-21/h3-13,24-25H,14-15H2,1-2H3,(H,31,35)/t24-,25-/m0/s1. The van der Waals surface area contributed by atoms with Crippen LogP contribution in [0.15, 0.2) is 76.8 Å². The van der Waals surface area contributed by atoms with Crippen molar-refractivity contribution < 1.29 is 18.4 Å². The number of hydrogen-bond acceptors (Lipinski definition) is 5. The Bertz CT molecular complexity index is 1420. The van der Waals surface area contributed by atoms with Crippen molar-refractivity contribution in [3.63, 3.8) is 0 Å². The number of aryl methyl sites for hydroxylation is 2. The molecule has 0 fully saturated rings. The predicted octanol–water partition coefficient (Wildman–Crippen LogP) is 5.76. The van der Waals surface area contributed by atoms with Crippen LogP contribution < -0.4 is 5.32 Å². The molecule has 188 valence electrons. The molecule has 37 heavy (non-hydrogen) atoms. The first kappa shape index (κ1) is 24.8. The van der Waals surface area contributed by atoms with E-state index in [0.29, 0.717) is 22.8 Å². The SMILES string of the molecule is Cc1ccc(C2=NN(C3=NC(=O)[C@H](CC(=O)Nc4ccc(C)c(F)c4)S3)[C@H](c3ccc(F)cc3)C2)cc1. The maximum Gasteiger partial charge on any atom is 0.262 e. The van der Waals surface area contributed by atoms with Crippen molar-refractivity contribution in [2.45, 2.75) is 38.0 Å². The number of carbonyl (C=O) groups is 2. The smallest absolute Gasteiger partial charge is 0.262 e. The van der Waals surface area contributed by atoms with E-state index in [9.17, 15) is 18.4 Å². The first-order chi connectivity index (χ1) is 17.8. The molecule has 5 rings (SSSR count). The fraction of sp³-hybridized carbons (Fsp3) is 0.214.